The number of terminal acetylenes is 1. The van der Waals surface area contributed by atoms with Crippen molar-refractivity contribution in [3.8, 4) is 12.3 Å². The Morgan fingerprint density at radius 2 is 1.47 bits per heavy atom. The molecule has 0 saturated heterocycles. The van der Waals surface area contributed by atoms with E-state index in [2.05, 4.69) is 5.92 Å². The van der Waals surface area contributed by atoms with Gasteiger partial charge in [-0.2, -0.15) is 4.31 Å². The Balaban J connectivity index is 1.85. The minimum Gasteiger partial charge on any atom is -0.374 e. The van der Waals surface area contributed by atoms with Crippen LogP contribution in [-0.4, -0.2) is 25.4 Å². The van der Waals surface area contributed by atoms with Crippen LogP contribution >= 0.6 is 0 Å². The lowest BCUT2D eigenvalue weighted by atomic mass is 10.2. The van der Waals surface area contributed by atoms with Crippen molar-refractivity contribution in [1.82, 2.24) is 4.31 Å². The number of nitrogens with zero attached hydrogens (tertiary/aromatic N) is 1. The average Bonchev–Trinajstić information content (AvgIpc) is 2.77. The minimum absolute atomic E-state index is 0.101. The number of aryl methyl sites for hydroxylation is 1. The van der Waals surface area contributed by atoms with Crippen LogP contribution in [0.15, 0.2) is 89.8 Å². The van der Waals surface area contributed by atoms with E-state index in [-0.39, 0.29) is 18.0 Å². The monoisotopic (exact) mass is 419 g/mol. The molecule has 0 fully saturated rings. The summed E-state index contributed by atoms with van der Waals surface area (Å²) in [5, 5.41) is 0. The van der Waals surface area contributed by atoms with Crippen molar-refractivity contribution in [2.75, 3.05) is 6.61 Å². The van der Waals surface area contributed by atoms with E-state index in [1.807, 2.05) is 67.6 Å². The SMILES string of the molecule is C#CC(COCc1ccccc1)N(Cc1ccccc1)S(=O)(=O)c1ccc(C)cc1. The Bertz CT molecular complexity index is 1070. The number of hydrogen-bond acceptors (Lipinski definition) is 3. The highest BCUT2D eigenvalue weighted by Gasteiger charge is 2.31. The van der Waals surface area contributed by atoms with Crippen molar-refractivity contribution in [3.05, 3.63) is 102 Å². The lowest BCUT2D eigenvalue weighted by Gasteiger charge is -2.28. The molecule has 4 nitrogen and oxygen atoms in total. The molecule has 1 atom stereocenters. The van der Waals surface area contributed by atoms with Crippen LogP contribution in [0.25, 0.3) is 0 Å². The van der Waals surface area contributed by atoms with Crippen molar-refractivity contribution in [1.29, 1.82) is 0 Å². The van der Waals surface area contributed by atoms with E-state index in [0.717, 1.165) is 16.7 Å². The fraction of sp³-hybridized carbons (Fsp3) is 0.200. The van der Waals surface area contributed by atoms with Gasteiger partial charge in [0.25, 0.3) is 0 Å². The summed E-state index contributed by atoms with van der Waals surface area (Å²) in [6, 6.07) is 25.2. The highest BCUT2D eigenvalue weighted by molar-refractivity contribution is 7.89. The van der Waals surface area contributed by atoms with E-state index in [9.17, 15) is 8.42 Å². The Kier molecular flexibility index (Phi) is 7.42. The van der Waals surface area contributed by atoms with Crippen LogP contribution in [0, 0.1) is 19.3 Å². The molecule has 0 N–H and O–H groups in total. The fourth-order valence-electron chi connectivity index (χ4n) is 3.05. The number of benzene rings is 3. The number of rotatable bonds is 9. The first-order chi connectivity index (χ1) is 14.5. The molecule has 5 heteroatoms. The molecule has 0 aromatic heterocycles. The molecule has 0 amide bonds. The summed E-state index contributed by atoms with van der Waals surface area (Å²) in [5.74, 6) is 2.62. The van der Waals surface area contributed by atoms with Gasteiger partial charge < -0.3 is 4.74 Å². The molecule has 1 unspecified atom stereocenters. The van der Waals surface area contributed by atoms with E-state index in [4.69, 9.17) is 11.2 Å². The molecule has 3 rings (SSSR count). The third-order valence-corrected chi connectivity index (χ3v) is 6.61. The smallest absolute Gasteiger partial charge is 0.244 e. The zero-order valence-corrected chi connectivity index (χ0v) is 17.8. The topological polar surface area (TPSA) is 46.6 Å². The molecule has 0 aliphatic heterocycles. The quantitative estimate of drug-likeness (QED) is 0.483. The largest absolute Gasteiger partial charge is 0.374 e. The maximum absolute atomic E-state index is 13.5. The van der Waals surface area contributed by atoms with Crippen molar-refractivity contribution in [2.45, 2.75) is 31.0 Å². The molecule has 3 aromatic carbocycles. The zero-order valence-electron chi connectivity index (χ0n) is 16.9. The Labute approximate surface area is 179 Å². The second-order valence-corrected chi connectivity index (χ2v) is 8.92. The third-order valence-electron chi connectivity index (χ3n) is 4.74. The predicted molar refractivity (Wildman–Crippen MR) is 119 cm³/mol. The zero-order chi connectivity index (χ0) is 21.4. The first-order valence-corrected chi connectivity index (χ1v) is 11.1. The van der Waals surface area contributed by atoms with Gasteiger partial charge in [-0.25, -0.2) is 8.42 Å². The molecule has 0 bridgehead atoms. The average molecular weight is 420 g/mol. The minimum atomic E-state index is -3.81. The first kappa shape index (κ1) is 21.8. The molecular weight excluding hydrogens is 394 g/mol. The third kappa shape index (κ3) is 5.58. The van der Waals surface area contributed by atoms with Crippen LogP contribution in [0.5, 0.6) is 0 Å². The summed E-state index contributed by atoms with van der Waals surface area (Å²) < 4.78 is 34.1. The predicted octanol–water partition coefficient (Wildman–Crippen LogP) is 4.40. The molecular formula is C25H25NO3S. The molecule has 3 aromatic rings. The molecule has 0 aliphatic carbocycles. The van der Waals surface area contributed by atoms with Gasteiger partial charge in [-0.15, -0.1) is 6.42 Å². The van der Waals surface area contributed by atoms with Gasteiger partial charge in [0.05, 0.1) is 18.1 Å². The van der Waals surface area contributed by atoms with Crippen LogP contribution in [0.2, 0.25) is 0 Å². The van der Waals surface area contributed by atoms with Crippen LogP contribution in [0.1, 0.15) is 16.7 Å². The normalized spacial score (nSPS) is 12.4. The van der Waals surface area contributed by atoms with E-state index in [1.165, 1.54) is 4.31 Å². The Morgan fingerprint density at radius 1 is 0.900 bits per heavy atom. The number of sulfonamides is 1. The highest BCUT2D eigenvalue weighted by atomic mass is 32.2. The molecule has 0 saturated carbocycles. The van der Waals surface area contributed by atoms with Crippen LogP contribution in [0.3, 0.4) is 0 Å². The number of hydrogen-bond donors (Lipinski definition) is 0. The standard InChI is InChI=1S/C25H25NO3S/c1-3-24(20-29-19-23-12-8-5-9-13-23)26(18-22-10-6-4-7-11-22)30(27,28)25-16-14-21(2)15-17-25/h1,4-17,24H,18-20H2,2H3. The Hall–Kier alpha value is -2.91. The second-order valence-electron chi connectivity index (χ2n) is 7.03. The lowest BCUT2D eigenvalue weighted by Crippen LogP contribution is -2.41. The molecule has 0 heterocycles. The van der Waals surface area contributed by atoms with Gasteiger partial charge in [0.2, 0.25) is 10.0 Å². The summed E-state index contributed by atoms with van der Waals surface area (Å²) in [6.07, 6.45) is 5.77. The van der Waals surface area contributed by atoms with E-state index in [0.29, 0.717) is 6.61 Å². The fourth-order valence-corrected chi connectivity index (χ4v) is 4.58. The van der Waals surface area contributed by atoms with Crippen LogP contribution in [0.4, 0.5) is 0 Å². The van der Waals surface area contributed by atoms with E-state index >= 15 is 0 Å². The van der Waals surface area contributed by atoms with Crippen molar-refractivity contribution in [3.63, 3.8) is 0 Å². The number of ether oxygens (including phenoxy) is 1. The van der Waals surface area contributed by atoms with Gasteiger partial charge >= 0.3 is 0 Å². The molecule has 0 aliphatic rings. The molecule has 0 radical (unpaired) electrons. The van der Waals surface area contributed by atoms with Gasteiger partial charge in [0, 0.05) is 6.54 Å². The summed E-state index contributed by atoms with van der Waals surface area (Å²) in [4.78, 5) is 0.215. The van der Waals surface area contributed by atoms with Gasteiger partial charge in [0.15, 0.2) is 0 Å². The van der Waals surface area contributed by atoms with Gasteiger partial charge in [-0.1, -0.05) is 84.3 Å². The van der Waals surface area contributed by atoms with Gasteiger partial charge in [-0.3, -0.25) is 0 Å². The molecule has 154 valence electrons. The lowest BCUT2D eigenvalue weighted by molar-refractivity contribution is 0.0921. The summed E-state index contributed by atoms with van der Waals surface area (Å²) in [7, 11) is -3.81. The van der Waals surface area contributed by atoms with Crippen molar-refractivity contribution < 1.29 is 13.2 Å². The molecule has 0 spiro atoms. The summed E-state index contributed by atoms with van der Waals surface area (Å²) in [5.41, 5.74) is 2.85. The van der Waals surface area contributed by atoms with Crippen molar-refractivity contribution in [2.24, 2.45) is 0 Å². The van der Waals surface area contributed by atoms with E-state index in [1.54, 1.807) is 24.3 Å². The van der Waals surface area contributed by atoms with Crippen LogP contribution in [-0.2, 0) is 27.9 Å². The van der Waals surface area contributed by atoms with E-state index < -0.39 is 16.1 Å². The maximum atomic E-state index is 13.5. The summed E-state index contributed by atoms with van der Waals surface area (Å²) in [6.45, 7) is 2.55. The highest BCUT2D eigenvalue weighted by Crippen LogP contribution is 2.22. The van der Waals surface area contributed by atoms with Crippen LogP contribution < -0.4 is 0 Å². The maximum Gasteiger partial charge on any atom is 0.244 e. The first-order valence-electron chi connectivity index (χ1n) is 9.71. The summed E-state index contributed by atoms with van der Waals surface area (Å²) >= 11 is 0. The molecule has 30 heavy (non-hydrogen) atoms. The van der Waals surface area contributed by atoms with Gasteiger partial charge in [-0.05, 0) is 30.2 Å². The van der Waals surface area contributed by atoms with Gasteiger partial charge in [0.1, 0.15) is 6.04 Å². The second kappa shape index (κ2) is 10.2. The van der Waals surface area contributed by atoms with Crippen molar-refractivity contribution >= 4 is 10.0 Å². The Morgan fingerprint density at radius 3 is 2.03 bits per heavy atom.